The van der Waals surface area contributed by atoms with Gasteiger partial charge in [0.25, 0.3) is 5.91 Å². The summed E-state index contributed by atoms with van der Waals surface area (Å²) in [6.07, 6.45) is 0.339. The SMILES string of the molecule is CO[C@@H]1CN(c2nc3cccc(C(=O)O)c3s2)CC[C@@H]1NC(=O)c1[nH]c(C)c(Cl)c1Cl. The summed E-state index contributed by atoms with van der Waals surface area (Å²) in [6, 6.07) is 4.84. The van der Waals surface area contributed by atoms with Crippen LogP contribution in [0.3, 0.4) is 0 Å². The number of rotatable bonds is 5. The number of anilines is 1. The van der Waals surface area contributed by atoms with Gasteiger partial charge in [-0.15, -0.1) is 0 Å². The van der Waals surface area contributed by atoms with Crippen molar-refractivity contribution in [2.45, 2.75) is 25.5 Å². The summed E-state index contributed by atoms with van der Waals surface area (Å²) >= 11 is 13.6. The fourth-order valence-corrected chi connectivity index (χ4v) is 5.23. The van der Waals surface area contributed by atoms with Crippen molar-refractivity contribution in [2.75, 3.05) is 25.1 Å². The highest BCUT2D eigenvalue weighted by Gasteiger charge is 2.33. The van der Waals surface area contributed by atoms with E-state index < -0.39 is 5.97 Å². The van der Waals surface area contributed by atoms with Crippen LogP contribution in [0, 0.1) is 6.92 Å². The van der Waals surface area contributed by atoms with E-state index in [0.29, 0.717) is 40.4 Å². The van der Waals surface area contributed by atoms with E-state index in [0.717, 1.165) is 5.13 Å². The number of fused-ring (bicyclic) bond motifs is 1. The standard InChI is InChI=1S/C20H20Cl2N4O4S/c1-9-14(21)15(22)16(23-9)18(27)24-11-6-7-26(8-13(11)30-2)20-25-12-5-3-4-10(19(28)29)17(12)31-20/h3-5,11,13,23H,6-8H2,1-2H3,(H,24,27)(H,28,29)/t11-,13+/m0/s1. The number of halogens is 2. The number of aromatic nitrogens is 2. The molecule has 11 heteroatoms. The van der Waals surface area contributed by atoms with E-state index in [1.165, 1.54) is 11.3 Å². The lowest BCUT2D eigenvalue weighted by Crippen LogP contribution is -2.55. The second kappa shape index (κ2) is 8.66. The van der Waals surface area contributed by atoms with Gasteiger partial charge < -0.3 is 25.0 Å². The van der Waals surface area contributed by atoms with Crippen LogP contribution in [0.25, 0.3) is 10.2 Å². The summed E-state index contributed by atoms with van der Waals surface area (Å²) < 4.78 is 6.29. The highest BCUT2D eigenvalue weighted by molar-refractivity contribution is 7.22. The molecule has 1 fully saturated rings. The normalized spacial score (nSPS) is 19.0. The summed E-state index contributed by atoms with van der Waals surface area (Å²) in [5, 5.41) is 13.7. The number of hydrogen-bond acceptors (Lipinski definition) is 6. The van der Waals surface area contributed by atoms with Gasteiger partial charge in [0.2, 0.25) is 0 Å². The van der Waals surface area contributed by atoms with Crippen LogP contribution in [0.2, 0.25) is 10.0 Å². The van der Waals surface area contributed by atoms with Crippen molar-refractivity contribution in [2.24, 2.45) is 0 Å². The van der Waals surface area contributed by atoms with Crippen LogP contribution in [0.15, 0.2) is 18.2 Å². The van der Waals surface area contributed by atoms with E-state index in [2.05, 4.69) is 20.2 Å². The zero-order valence-corrected chi connectivity index (χ0v) is 19.1. The number of thiazole rings is 1. The third-order valence-corrected chi connectivity index (χ3v) is 7.48. The Hall–Kier alpha value is -2.33. The monoisotopic (exact) mass is 482 g/mol. The summed E-state index contributed by atoms with van der Waals surface area (Å²) in [5.74, 6) is -1.32. The Morgan fingerprint density at radius 2 is 2.13 bits per heavy atom. The minimum absolute atomic E-state index is 0.201. The maximum absolute atomic E-state index is 12.7. The van der Waals surface area contributed by atoms with Gasteiger partial charge in [-0.05, 0) is 25.5 Å². The molecule has 31 heavy (non-hydrogen) atoms. The number of aryl methyl sites for hydroxylation is 1. The molecule has 0 saturated carbocycles. The predicted octanol–water partition coefficient (Wildman–Crippen LogP) is 3.96. The molecule has 164 valence electrons. The fraction of sp³-hybridized carbons (Fsp3) is 0.350. The molecule has 0 bridgehead atoms. The minimum Gasteiger partial charge on any atom is -0.478 e. The van der Waals surface area contributed by atoms with Gasteiger partial charge in [-0.1, -0.05) is 40.6 Å². The highest BCUT2D eigenvalue weighted by Crippen LogP contribution is 2.33. The van der Waals surface area contributed by atoms with E-state index >= 15 is 0 Å². The Labute approximate surface area is 192 Å². The number of carbonyl (C=O) groups is 2. The quantitative estimate of drug-likeness (QED) is 0.507. The summed E-state index contributed by atoms with van der Waals surface area (Å²) in [6.45, 7) is 2.88. The van der Waals surface area contributed by atoms with E-state index in [4.69, 9.17) is 27.9 Å². The molecule has 1 aliphatic rings. The molecule has 3 aromatic rings. The van der Waals surface area contributed by atoms with Crippen molar-refractivity contribution in [3.05, 3.63) is 45.2 Å². The number of aromatic amines is 1. The number of nitrogens with one attached hydrogen (secondary N) is 2. The minimum atomic E-state index is -0.977. The van der Waals surface area contributed by atoms with E-state index in [1.54, 1.807) is 32.2 Å². The van der Waals surface area contributed by atoms with Crippen molar-refractivity contribution >= 4 is 61.8 Å². The first-order valence-electron chi connectivity index (χ1n) is 9.55. The second-order valence-corrected chi connectivity index (χ2v) is 9.03. The summed E-state index contributed by atoms with van der Waals surface area (Å²) in [7, 11) is 1.59. The molecule has 1 saturated heterocycles. The third kappa shape index (κ3) is 4.10. The average Bonchev–Trinajstić information content (AvgIpc) is 3.30. The van der Waals surface area contributed by atoms with Crippen molar-refractivity contribution in [1.82, 2.24) is 15.3 Å². The first-order chi connectivity index (χ1) is 14.8. The smallest absolute Gasteiger partial charge is 0.337 e. The van der Waals surface area contributed by atoms with Crippen LogP contribution in [-0.4, -0.2) is 59.3 Å². The number of nitrogens with zero attached hydrogens (tertiary/aromatic N) is 2. The Balaban J connectivity index is 1.50. The molecule has 3 heterocycles. The van der Waals surface area contributed by atoms with Crippen molar-refractivity contribution in [1.29, 1.82) is 0 Å². The summed E-state index contributed by atoms with van der Waals surface area (Å²) in [4.78, 5) is 33.8. The maximum Gasteiger partial charge on any atom is 0.337 e. The molecule has 0 spiro atoms. The topological polar surface area (TPSA) is 108 Å². The zero-order chi connectivity index (χ0) is 22.3. The average molecular weight is 483 g/mol. The molecule has 3 N–H and O–H groups in total. The van der Waals surface area contributed by atoms with E-state index in [1.807, 2.05) is 0 Å². The van der Waals surface area contributed by atoms with Crippen LogP contribution < -0.4 is 10.2 Å². The summed E-state index contributed by atoms with van der Waals surface area (Å²) in [5.41, 5.74) is 1.75. The molecule has 0 radical (unpaired) electrons. The van der Waals surface area contributed by atoms with Gasteiger partial charge in [0.05, 0.1) is 38.0 Å². The molecule has 1 aromatic carbocycles. The lowest BCUT2D eigenvalue weighted by atomic mass is 10.0. The number of methoxy groups -OCH3 is 1. The Morgan fingerprint density at radius 1 is 1.35 bits per heavy atom. The largest absolute Gasteiger partial charge is 0.478 e. The fourth-order valence-electron chi connectivity index (χ4n) is 3.70. The lowest BCUT2D eigenvalue weighted by Gasteiger charge is -2.37. The molecular weight excluding hydrogens is 463 g/mol. The van der Waals surface area contributed by atoms with Crippen LogP contribution >= 0.6 is 34.5 Å². The van der Waals surface area contributed by atoms with Crippen molar-refractivity contribution in [3.8, 4) is 0 Å². The van der Waals surface area contributed by atoms with Gasteiger partial charge in [-0.3, -0.25) is 4.79 Å². The molecule has 0 unspecified atom stereocenters. The number of H-pyrrole nitrogens is 1. The first kappa shape index (κ1) is 21.9. The van der Waals surface area contributed by atoms with Crippen LogP contribution in [-0.2, 0) is 4.74 Å². The molecule has 2 atom stereocenters. The van der Waals surface area contributed by atoms with Gasteiger partial charge in [-0.2, -0.15) is 0 Å². The number of aromatic carboxylic acids is 1. The number of carboxylic acids is 1. The van der Waals surface area contributed by atoms with E-state index in [9.17, 15) is 14.7 Å². The lowest BCUT2D eigenvalue weighted by molar-refractivity contribution is 0.0540. The van der Waals surface area contributed by atoms with Gasteiger partial charge in [-0.25, -0.2) is 9.78 Å². The number of carboxylic acid groups (broad SMARTS) is 1. The molecular formula is C20H20Cl2N4O4S. The Kier molecular flexibility index (Phi) is 6.11. The molecule has 0 aliphatic carbocycles. The van der Waals surface area contributed by atoms with Crippen LogP contribution in [0.4, 0.5) is 5.13 Å². The van der Waals surface area contributed by atoms with Gasteiger partial charge in [0, 0.05) is 25.9 Å². The van der Waals surface area contributed by atoms with Crippen LogP contribution in [0.5, 0.6) is 0 Å². The van der Waals surface area contributed by atoms with Gasteiger partial charge in [0.15, 0.2) is 5.13 Å². The number of benzene rings is 1. The number of amides is 1. The molecule has 8 nitrogen and oxygen atoms in total. The highest BCUT2D eigenvalue weighted by atomic mass is 35.5. The van der Waals surface area contributed by atoms with Crippen LogP contribution in [0.1, 0.15) is 33.0 Å². The van der Waals surface area contributed by atoms with Crippen molar-refractivity contribution < 1.29 is 19.4 Å². The predicted molar refractivity (Wildman–Crippen MR) is 121 cm³/mol. The second-order valence-electron chi connectivity index (χ2n) is 7.30. The molecule has 2 aromatic heterocycles. The van der Waals surface area contributed by atoms with E-state index in [-0.39, 0.29) is 34.3 Å². The molecule has 1 amide bonds. The maximum atomic E-state index is 12.7. The van der Waals surface area contributed by atoms with Crippen molar-refractivity contribution in [3.63, 3.8) is 0 Å². The Bertz CT molecular complexity index is 1160. The number of hydrogen-bond donors (Lipinski definition) is 3. The zero-order valence-electron chi connectivity index (χ0n) is 16.7. The first-order valence-corrected chi connectivity index (χ1v) is 11.1. The number of carbonyl (C=O) groups excluding carboxylic acids is 1. The number of piperidine rings is 1. The van der Waals surface area contributed by atoms with Gasteiger partial charge in [0.1, 0.15) is 5.69 Å². The molecule has 1 aliphatic heterocycles. The number of ether oxygens (including phenoxy) is 1. The third-order valence-electron chi connectivity index (χ3n) is 5.36. The Morgan fingerprint density at radius 3 is 2.77 bits per heavy atom. The molecule has 4 rings (SSSR count). The van der Waals surface area contributed by atoms with Gasteiger partial charge >= 0.3 is 5.97 Å².